The molecule has 2 aliphatic rings. The molecule has 2 unspecified atom stereocenters. The molecule has 2 saturated heterocycles. The quantitative estimate of drug-likeness (QED) is 0.467. The van der Waals surface area contributed by atoms with Gasteiger partial charge in [0.2, 0.25) is 0 Å². The standard InChI is InChI=1S/C24H35NO4/c1-18(2)9-8-16-28-23(26)20-11-3-4-12-21(20)24(27)29-17-19-10-7-15-25-14-6-5-13-22(19)25/h3-4,11-12,18-19,22H,5-10,13-17H2,1-2H3. The van der Waals surface area contributed by atoms with E-state index in [-0.39, 0.29) is 0 Å². The van der Waals surface area contributed by atoms with Gasteiger partial charge >= 0.3 is 11.9 Å². The van der Waals surface area contributed by atoms with Gasteiger partial charge in [0.05, 0.1) is 24.3 Å². The summed E-state index contributed by atoms with van der Waals surface area (Å²) in [6, 6.07) is 7.34. The topological polar surface area (TPSA) is 55.8 Å². The molecule has 2 aliphatic heterocycles. The Morgan fingerprint density at radius 3 is 2.41 bits per heavy atom. The molecule has 0 amide bonds. The Bertz CT molecular complexity index is 685. The molecule has 0 saturated carbocycles. The van der Waals surface area contributed by atoms with Crippen LogP contribution in [0.25, 0.3) is 0 Å². The van der Waals surface area contributed by atoms with Crippen molar-refractivity contribution in [1.82, 2.24) is 4.90 Å². The van der Waals surface area contributed by atoms with E-state index in [4.69, 9.17) is 9.47 Å². The highest BCUT2D eigenvalue weighted by Crippen LogP contribution is 2.31. The number of benzene rings is 1. The Labute approximate surface area is 174 Å². The summed E-state index contributed by atoms with van der Waals surface area (Å²) >= 11 is 0. The van der Waals surface area contributed by atoms with Gasteiger partial charge in [-0.25, -0.2) is 9.59 Å². The zero-order valence-corrected chi connectivity index (χ0v) is 17.9. The number of hydrogen-bond acceptors (Lipinski definition) is 5. The van der Waals surface area contributed by atoms with E-state index in [2.05, 4.69) is 18.7 Å². The van der Waals surface area contributed by atoms with Crippen LogP contribution in [-0.2, 0) is 9.47 Å². The van der Waals surface area contributed by atoms with E-state index in [1.165, 1.54) is 32.4 Å². The molecular weight excluding hydrogens is 366 g/mol. The smallest absolute Gasteiger partial charge is 0.339 e. The van der Waals surface area contributed by atoms with Crippen molar-refractivity contribution in [3.05, 3.63) is 35.4 Å². The number of fused-ring (bicyclic) bond motifs is 1. The highest BCUT2D eigenvalue weighted by atomic mass is 16.5. The molecule has 0 aliphatic carbocycles. The molecular formula is C24H35NO4. The van der Waals surface area contributed by atoms with E-state index < -0.39 is 11.9 Å². The first kappa shape index (κ1) is 21.8. The second-order valence-corrected chi connectivity index (χ2v) is 8.82. The van der Waals surface area contributed by atoms with Gasteiger partial charge in [-0.05, 0) is 69.7 Å². The number of rotatable bonds is 8. The summed E-state index contributed by atoms with van der Waals surface area (Å²) in [5.74, 6) is 0.101. The van der Waals surface area contributed by atoms with Crippen molar-refractivity contribution in [3.8, 4) is 0 Å². The summed E-state index contributed by atoms with van der Waals surface area (Å²) in [6.45, 7) is 7.43. The number of nitrogens with zero attached hydrogens (tertiary/aromatic N) is 1. The minimum Gasteiger partial charge on any atom is -0.462 e. The van der Waals surface area contributed by atoms with Crippen LogP contribution in [0.2, 0.25) is 0 Å². The van der Waals surface area contributed by atoms with Crippen LogP contribution >= 0.6 is 0 Å². The Kier molecular flexibility index (Phi) is 8.10. The van der Waals surface area contributed by atoms with Crippen molar-refractivity contribution < 1.29 is 19.1 Å². The van der Waals surface area contributed by atoms with Crippen molar-refractivity contribution in [2.45, 2.75) is 64.8 Å². The molecule has 160 valence electrons. The van der Waals surface area contributed by atoms with Gasteiger partial charge in [-0.3, -0.25) is 4.90 Å². The summed E-state index contributed by atoms with van der Waals surface area (Å²) in [5, 5.41) is 0. The third-order valence-electron chi connectivity index (χ3n) is 6.18. The molecule has 0 spiro atoms. The van der Waals surface area contributed by atoms with E-state index in [1.807, 2.05) is 0 Å². The molecule has 1 aromatic carbocycles. The predicted octanol–water partition coefficient (Wildman–Crippen LogP) is 4.70. The third-order valence-corrected chi connectivity index (χ3v) is 6.18. The largest absolute Gasteiger partial charge is 0.462 e. The number of hydrogen-bond donors (Lipinski definition) is 0. The van der Waals surface area contributed by atoms with Gasteiger partial charge < -0.3 is 9.47 Å². The van der Waals surface area contributed by atoms with Crippen LogP contribution in [0, 0.1) is 11.8 Å². The Hall–Kier alpha value is -1.88. The van der Waals surface area contributed by atoms with Crippen LogP contribution in [0.4, 0.5) is 0 Å². The number of carbonyl (C=O) groups is 2. The second-order valence-electron chi connectivity index (χ2n) is 8.82. The van der Waals surface area contributed by atoms with Crippen LogP contribution in [0.3, 0.4) is 0 Å². The zero-order chi connectivity index (χ0) is 20.6. The molecule has 0 radical (unpaired) electrons. The van der Waals surface area contributed by atoms with Crippen LogP contribution in [0.15, 0.2) is 24.3 Å². The van der Waals surface area contributed by atoms with E-state index in [9.17, 15) is 9.59 Å². The van der Waals surface area contributed by atoms with Crippen molar-refractivity contribution in [3.63, 3.8) is 0 Å². The molecule has 0 N–H and O–H groups in total. The van der Waals surface area contributed by atoms with E-state index >= 15 is 0 Å². The van der Waals surface area contributed by atoms with Crippen LogP contribution < -0.4 is 0 Å². The van der Waals surface area contributed by atoms with Crippen molar-refractivity contribution in [1.29, 1.82) is 0 Å². The summed E-state index contributed by atoms with van der Waals surface area (Å²) < 4.78 is 11.1. The van der Waals surface area contributed by atoms with E-state index in [1.54, 1.807) is 24.3 Å². The minimum atomic E-state index is -0.447. The van der Waals surface area contributed by atoms with E-state index in [0.717, 1.165) is 25.7 Å². The van der Waals surface area contributed by atoms with Gasteiger partial charge in [0, 0.05) is 12.0 Å². The Morgan fingerprint density at radius 1 is 1.00 bits per heavy atom. The lowest BCUT2D eigenvalue weighted by atomic mass is 9.84. The fourth-order valence-electron chi connectivity index (χ4n) is 4.61. The minimum absolute atomic E-state index is 0.296. The molecule has 5 nitrogen and oxygen atoms in total. The number of piperidine rings is 2. The van der Waals surface area contributed by atoms with Crippen LogP contribution in [0.5, 0.6) is 0 Å². The van der Waals surface area contributed by atoms with Crippen molar-refractivity contribution in [2.24, 2.45) is 11.8 Å². The van der Waals surface area contributed by atoms with E-state index in [0.29, 0.717) is 42.2 Å². The lowest BCUT2D eigenvalue weighted by molar-refractivity contribution is 0.00711. The summed E-state index contributed by atoms with van der Waals surface area (Å²) in [5.41, 5.74) is 0.600. The zero-order valence-electron chi connectivity index (χ0n) is 17.9. The number of esters is 2. The van der Waals surface area contributed by atoms with Crippen molar-refractivity contribution >= 4 is 11.9 Å². The van der Waals surface area contributed by atoms with Gasteiger partial charge in [-0.2, -0.15) is 0 Å². The Balaban J connectivity index is 1.56. The average Bonchev–Trinajstić information content (AvgIpc) is 2.74. The number of carbonyl (C=O) groups excluding carboxylic acids is 2. The highest BCUT2D eigenvalue weighted by molar-refractivity contribution is 6.03. The summed E-state index contributed by atoms with van der Waals surface area (Å²) in [7, 11) is 0. The molecule has 0 aromatic heterocycles. The number of ether oxygens (including phenoxy) is 2. The molecule has 2 fully saturated rings. The monoisotopic (exact) mass is 401 g/mol. The first-order chi connectivity index (χ1) is 14.1. The first-order valence-electron chi connectivity index (χ1n) is 11.2. The summed E-state index contributed by atoms with van der Waals surface area (Å²) in [6.07, 6.45) is 7.84. The first-order valence-corrected chi connectivity index (χ1v) is 11.2. The summed E-state index contributed by atoms with van der Waals surface area (Å²) in [4.78, 5) is 27.8. The van der Waals surface area contributed by atoms with Gasteiger partial charge in [-0.1, -0.05) is 32.4 Å². The normalized spacial score (nSPS) is 22.2. The fourth-order valence-corrected chi connectivity index (χ4v) is 4.61. The molecule has 3 rings (SSSR count). The Morgan fingerprint density at radius 2 is 1.69 bits per heavy atom. The lowest BCUT2D eigenvalue weighted by Gasteiger charge is -2.44. The third kappa shape index (κ3) is 6.05. The maximum atomic E-state index is 12.7. The average molecular weight is 402 g/mol. The van der Waals surface area contributed by atoms with Gasteiger partial charge in [0.1, 0.15) is 0 Å². The predicted molar refractivity (Wildman–Crippen MR) is 113 cm³/mol. The highest BCUT2D eigenvalue weighted by Gasteiger charge is 2.34. The molecule has 5 heteroatoms. The van der Waals surface area contributed by atoms with Crippen LogP contribution in [-0.4, -0.2) is 49.2 Å². The van der Waals surface area contributed by atoms with Gasteiger partial charge in [0.15, 0.2) is 0 Å². The molecule has 29 heavy (non-hydrogen) atoms. The lowest BCUT2D eigenvalue weighted by Crippen LogP contribution is -2.49. The maximum absolute atomic E-state index is 12.7. The molecule has 0 bridgehead atoms. The SMILES string of the molecule is CC(C)CCCOC(=O)c1ccccc1C(=O)OCC1CCCN2CCCCC12. The molecule has 2 heterocycles. The maximum Gasteiger partial charge on any atom is 0.339 e. The molecule has 1 aromatic rings. The molecule has 2 atom stereocenters. The van der Waals surface area contributed by atoms with Crippen LogP contribution in [0.1, 0.15) is 79.5 Å². The fraction of sp³-hybridized carbons (Fsp3) is 0.667. The van der Waals surface area contributed by atoms with Gasteiger partial charge in [-0.15, -0.1) is 0 Å². The second kappa shape index (κ2) is 10.8. The van der Waals surface area contributed by atoms with Crippen molar-refractivity contribution in [2.75, 3.05) is 26.3 Å². The van der Waals surface area contributed by atoms with Gasteiger partial charge in [0.25, 0.3) is 0 Å².